The number of likely N-dealkylation sites (tertiary alicyclic amines) is 1. The van der Waals surface area contributed by atoms with Gasteiger partial charge in [0.2, 0.25) is 0 Å². The van der Waals surface area contributed by atoms with Crippen molar-refractivity contribution < 1.29 is 0 Å². The van der Waals surface area contributed by atoms with Gasteiger partial charge in [-0.3, -0.25) is 0 Å². The standard InChI is InChI=1S/C16H26N2/c1-3-15-10-7-12-18(15)13-11-16(17-2)14-8-5-4-6-9-14/h4-6,8-9,15-17H,3,7,10-13H2,1-2H3. The maximum atomic E-state index is 3.45. The molecule has 0 aromatic heterocycles. The first-order chi connectivity index (χ1) is 8.85. The molecule has 1 aliphatic rings. The number of hydrogen-bond donors (Lipinski definition) is 1. The Kier molecular flexibility index (Phi) is 5.21. The van der Waals surface area contributed by atoms with Crippen LogP contribution in [0.5, 0.6) is 0 Å². The van der Waals surface area contributed by atoms with Gasteiger partial charge in [-0.25, -0.2) is 0 Å². The molecule has 2 unspecified atom stereocenters. The molecule has 1 heterocycles. The van der Waals surface area contributed by atoms with Crippen LogP contribution in [0.4, 0.5) is 0 Å². The van der Waals surface area contributed by atoms with E-state index in [4.69, 9.17) is 0 Å². The quantitative estimate of drug-likeness (QED) is 0.829. The van der Waals surface area contributed by atoms with Crippen LogP contribution in [-0.4, -0.2) is 31.1 Å². The second-order valence-corrected chi connectivity index (χ2v) is 5.28. The fourth-order valence-corrected chi connectivity index (χ4v) is 3.11. The third kappa shape index (κ3) is 3.33. The maximum absolute atomic E-state index is 3.45. The van der Waals surface area contributed by atoms with Crippen molar-refractivity contribution in [3.63, 3.8) is 0 Å². The van der Waals surface area contributed by atoms with E-state index in [1.54, 1.807) is 0 Å². The van der Waals surface area contributed by atoms with E-state index in [1.165, 1.54) is 44.3 Å². The fraction of sp³-hybridized carbons (Fsp3) is 0.625. The minimum absolute atomic E-state index is 0.490. The Morgan fingerprint density at radius 2 is 2.11 bits per heavy atom. The van der Waals surface area contributed by atoms with E-state index in [2.05, 4.69) is 54.5 Å². The van der Waals surface area contributed by atoms with E-state index in [-0.39, 0.29) is 0 Å². The zero-order valence-corrected chi connectivity index (χ0v) is 11.7. The van der Waals surface area contributed by atoms with E-state index < -0.39 is 0 Å². The van der Waals surface area contributed by atoms with Crippen molar-refractivity contribution in [1.82, 2.24) is 10.2 Å². The molecule has 2 rings (SSSR count). The maximum Gasteiger partial charge on any atom is 0.0329 e. The summed E-state index contributed by atoms with van der Waals surface area (Å²) in [6.07, 6.45) is 5.28. The molecule has 0 aliphatic carbocycles. The van der Waals surface area contributed by atoms with Crippen molar-refractivity contribution in [3.05, 3.63) is 35.9 Å². The van der Waals surface area contributed by atoms with Crippen molar-refractivity contribution in [2.75, 3.05) is 20.1 Å². The molecular weight excluding hydrogens is 220 g/mol. The summed E-state index contributed by atoms with van der Waals surface area (Å²) in [4.78, 5) is 2.67. The van der Waals surface area contributed by atoms with Crippen LogP contribution in [-0.2, 0) is 0 Å². The van der Waals surface area contributed by atoms with Crippen molar-refractivity contribution in [1.29, 1.82) is 0 Å². The van der Waals surface area contributed by atoms with Crippen LogP contribution in [0, 0.1) is 0 Å². The Morgan fingerprint density at radius 3 is 2.78 bits per heavy atom. The summed E-state index contributed by atoms with van der Waals surface area (Å²) >= 11 is 0. The van der Waals surface area contributed by atoms with Gasteiger partial charge in [0.15, 0.2) is 0 Å². The Bertz CT molecular complexity index is 336. The zero-order valence-electron chi connectivity index (χ0n) is 11.7. The number of nitrogens with zero attached hydrogens (tertiary/aromatic N) is 1. The monoisotopic (exact) mass is 246 g/mol. The number of nitrogens with one attached hydrogen (secondary N) is 1. The highest BCUT2D eigenvalue weighted by Crippen LogP contribution is 2.23. The van der Waals surface area contributed by atoms with E-state index in [1.807, 2.05) is 0 Å². The van der Waals surface area contributed by atoms with Gasteiger partial charge in [0.05, 0.1) is 0 Å². The molecule has 0 saturated carbocycles. The summed E-state index contributed by atoms with van der Waals surface area (Å²) in [5.41, 5.74) is 1.41. The molecule has 1 aromatic carbocycles. The minimum atomic E-state index is 0.490. The molecule has 1 fully saturated rings. The third-order valence-corrected chi connectivity index (χ3v) is 4.23. The molecular formula is C16H26N2. The molecule has 0 radical (unpaired) electrons. The van der Waals surface area contributed by atoms with Crippen molar-refractivity contribution in [2.45, 2.75) is 44.7 Å². The molecule has 2 nitrogen and oxygen atoms in total. The molecule has 2 atom stereocenters. The number of benzene rings is 1. The van der Waals surface area contributed by atoms with Crippen LogP contribution in [0.1, 0.15) is 44.2 Å². The minimum Gasteiger partial charge on any atom is -0.313 e. The lowest BCUT2D eigenvalue weighted by atomic mass is 10.0. The molecule has 0 amide bonds. The Hall–Kier alpha value is -0.860. The van der Waals surface area contributed by atoms with Crippen LogP contribution >= 0.6 is 0 Å². The van der Waals surface area contributed by atoms with Crippen molar-refractivity contribution in [3.8, 4) is 0 Å². The number of hydrogen-bond acceptors (Lipinski definition) is 2. The van der Waals surface area contributed by atoms with Crippen molar-refractivity contribution in [2.24, 2.45) is 0 Å². The fourth-order valence-electron chi connectivity index (χ4n) is 3.11. The molecule has 1 saturated heterocycles. The third-order valence-electron chi connectivity index (χ3n) is 4.23. The molecule has 1 aromatic rings. The van der Waals surface area contributed by atoms with Crippen molar-refractivity contribution >= 4 is 0 Å². The Labute approximate surface area is 111 Å². The lowest BCUT2D eigenvalue weighted by Crippen LogP contribution is -2.32. The topological polar surface area (TPSA) is 15.3 Å². The van der Waals surface area contributed by atoms with Gasteiger partial charge in [-0.05, 0) is 44.8 Å². The van der Waals surface area contributed by atoms with Gasteiger partial charge >= 0.3 is 0 Å². The summed E-state index contributed by atoms with van der Waals surface area (Å²) in [5.74, 6) is 0. The summed E-state index contributed by atoms with van der Waals surface area (Å²) in [6, 6.07) is 12.1. The smallest absolute Gasteiger partial charge is 0.0329 e. The van der Waals surface area contributed by atoms with Gasteiger partial charge in [0.1, 0.15) is 0 Å². The summed E-state index contributed by atoms with van der Waals surface area (Å²) in [6.45, 7) is 4.83. The highest BCUT2D eigenvalue weighted by molar-refractivity contribution is 5.18. The van der Waals surface area contributed by atoms with Crippen LogP contribution in [0.25, 0.3) is 0 Å². The van der Waals surface area contributed by atoms with Gasteiger partial charge < -0.3 is 10.2 Å². The summed E-state index contributed by atoms with van der Waals surface area (Å²) in [7, 11) is 2.07. The molecule has 2 heteroatoms. The first-order valence-electron chi connectivity index (χ1n) is 7.31. The van der Waals surface area contributed by atoms with Gasteiger partial charge in [-0.15, -0.1) is 0 Å². The first-order valence-corrected chi connectivity index (χ1v) is 7.31. The highest BCUT2D eigenvalue weighted by atomic mass is 15.2. The predicted octanol–water partition coefficient (Wildman–Crippen LogP) is 3.21. The number of rotatable bonds is 6. The Morgan fingerprint density at radius 1 is 1.33 bits per heavy atom. The van der Waals surface area contributed by atoms with Gasteiger partial charge in [0, 0.05) is 18.6 Å². The second-order valence-electron chi connectivity index (χ2n) is 5.28. The SMILES string of the molecule is CCC1CCCN1CCC(NC)c1ccccc1. The molecule has 1 aliphatic heterocycles. The Balaban J connectivity index is 1.88. The van der Waals surface area contributed by atoms with E-state index in [0.717, 1.165) is 6.04 Å². The predicted molar refractivity (Wildman–Crippen MR) is 77.7 cm³/mol. The van der Waals surface area contributed by atoms with Gasteiger partial charge in [0.25, 0.3) is 0 Å². The van der Waals surface area contributed by atoms with E-state index >= 15 is 0 Å². The zero-order chi connectivity index (χ0) is 12.8. The normalized spacial score (nSPS) is 22.2. The molecule has 1 N–H and O–H groups in total. The molecule has 0 spiro atoms. The molecule has 0 bridgehead atoms. The summed E-state index contributed by atoms with van der Waals surface area (Å²) < 4.78 is 0. The van der Waals surface area contributed by atoms with Crippen LogP contribution in [0.2, 0.25) is 0 Å². The average Bonchev–Trinajstić information content (AvgIpc) is 2.88. The van der Waals surface area contributed by atoms with Crippen LogP contribution in [0.15, 0.2) is 30.3 Å². The molecule has 100 valence electrons. The summed E-state index contributed by atoms with van der Waals surface area (Å²) in [5, 5.41) is 3.45. The molecule has 18 heavy (non-hydrogen) atoms. The largest absolute Gasteiger partial charge is 0.313 e. The van der Waals surface area contributed by atoms with Crippen LogP contribution < -0.4 is 5.32 Å². The lowest BCUT2D eigenvalue weighted by molar-refractivity contribution is 0.235. The van der Waals surface area contributed by atoms with E-state index in [0.29, 0.717) is 6.04 Å². The average molecular weight is 246 g/mol. The van der Waals surface area contributed by atoms with Gasteiger partial charge in [-0.2, -0.15) is 0 Å². The van der Waals surface area contributed by atoms with Crippen LogP contribution in [0.3, 0.4) is 0 Å². The van der Waals surface area contributed by atoms with E-state index in [9.17, 15) is 0 Å². The second kappa shape index (κ2) is 6.91. The van der Waals surface area contributed by atoms with Gasteiger partial charge in [-0.1, -0.05) is 37.3 Å². The first kappa shape index (κ1) is 13.6. The lowest BCUT2D eigenvalue weighted by Gasteiger charge is -2.26. The highest BCUT2D eigenvalue weighted by Gasteiger charge is 2.23.